The maximum Gasteiger partial charge on any atom is 0.410 e. The van der Waals surface area contributed by atoms with Gasteiger partial charge in [-0.05, 0) is 147 Å². The molecule has 558 valence electrons. The molecule has 3 aromatic heterocycles. The first-order chi connectivity index (χ1) is 50.3. The van der Waals surface area contributed by atoms with E-state index in [0.29, 0.717) is 77.7 Å². The number of carbonyl (C=O) groups excluding carboxylic acids is 6. The lowest BCUT2D eigenvalue weighted by molar-refractivity contribution is -0.271. The predicted octanol–water partition coefficient (Wildman–Crippen LogP) is 7.52. The summed E-state index contributed by atoms with van der Waals surface area (Å²) < 4.78 is 38.2. The lowest BCUT2D eigenvalue weighted by Crippen LogP contribution is -2.64. The van der Waals surface area contributed by atoms with Gasteiger partial charge in [0, 0.05) is 106 Å². The van der Waals surface area contributed by atoms with E-state index in [0.717, 1.165) is 70.5 Å². The summed E-state index contributed by atoms with van der Waals surface area (Å²) in [6, 6.07) is 19.3. The molecule has 0 spiro atoms. The summed E-state index contributed by atoms with van der Waals surface area (Å²) in [4.78, 5) is 117. The number of unbranched alkanes of at least 4 members (excludes halogenated alkanes) is 2. The van der Waals surface area contributed by atoms with Gasteiger partial charge in [-0.3, -0.25) is 38.9 Å². The maximum atomic E-state index is 14.0. The first-order valence-electron chi connectivity index (χ1n) is 35.2. The Bertz CT molecular complexity index is 4310. The zero-order valence-electron chi connectivity index (χ0n) is 59.2. The highest BCUT2D eigenvalue weighted by atomic mass is 32.1. The highest BCUT2D eigenvalue weighted by Crippen LogP contribution is 2.72. The number of hydrogen-bond acceptors (Lipinski definition) is 22. The summed E-state index contributed by atoms with van der Waals surface area (Å²) in [5, 5.41) is 65.8. The summed E-state index contributed by atoms with van der Waals surface area (Å²) in [6.07, 6.45) is 4.45. The number of aliphatic hydroxyl groups excluding tert-OH is 3. The van der Waals surface area contributed by atoms with Gasteiger partial charge in [0.05, 0.1) is 48.0 Å². The molecule has 7 atom stereocenters. The Kier molecular flexibility index (Phi) is 22.5. The van der Waals surface area contributed by atoms with Crippen molar-refractivity contribution in [2.24, 2.45) is 16.2 Å². The maximum absolute atomic E-state index is 14.0. The van der Waals surface area contributed by atoms with Crippen molar-refractivity contribution in [1.82, 2.24) is 34.9 Å². The average Bonchev–Trinajstić information content (AvgIpc) is 1.14. The first-order valence-corrected chi connectivity index (χ1v) is 36.0. The Morgan fingerprint density at radius 2 is 1.54 bits per heavy atom. The fraction of sp³-hybridized carbons (Fsp3) is 0.480. The first kappa shape index (κ1) is 75.0. The Morgan fingerprint density at radius 1 is 0.790 bits per heavy atom. The molecule has 6 heterocycles. The number of nitrogens with zero attached hydrogens (tertiary/aromatic N) is 7. The van der Waals surface area contributed by atoms with Gasteiger partial charge in [-0.15, -0.1) is 0 Å². The molecule has 4 bridgehead atoms. The minimum Gasteiger partial charge on any atom is -0.496 e. The monoisotopic (exact) mass is 1460 g/mol. The van der Waals surface area contributed by atoms with E-state index >= 15 is 0 Å². The van der Waals surface area contributed by atoms with Crippen molar-refractivity contribution in [2.45, 2.75) is 147 Å². The second kappa shape index (κ2) is 31.6. The minimum absolute atomic E-state index is 0.0153. The molecule has 13 rings (SSSR count). The summed E-state index contributed by atoms with van der Waals surface area (Å²) in [5.41, 5.74) is 4.30. The summed E-state index contributed by atoms with van der Waals surface area (Å²) in [7, 11) is 3.13. The van der Waals surface area contributed by atoms with Gasteiger partial charge in [0.2, 0.25) is 18.1 Å². The summed E-state index contributed by atoms with van der Waals surface area (Å²) in [6.45, 7) is 8.82. The molecule has 8 N–H and O–H groups in total. The molecule has 6 aromatic rings. The fourth-order valence-electron chi connectivity index (χ4n) is 17.1. The zero-order valence-corrected chi connectivity index (χ0v) is 60.0. The smallest absolute Gasteiger partial charge is 0.410 e. The van der Waals surface area contributed by atoms with Crippen molar-refractivity contribution in [2.75, 3.05) is 82.3 Å². The third kappa shape index (κ3) is 16.9. The Hall–Kier alpha value is -9.69. The molecule has 105 heavy (non-hydrogen) atoms. The molecule has 1 saturated heterocycles. The van der Waals surface area contributed by atoms with Crippen LogP contribution in [0.2, 0.25) is 0 Å². The number of aliphatic hydroxyl groups is 3. The van der Waals surface area contributed by atoms with Crippen LogP contribution in [0.5, 0.6) is 11.5 Å². The average molecular weight is 1470 g/mol. The number of pyridine rings is 1. The van der Waals surface area contributed by atoms with Crippen LogP contribution in [0, 0.1) is 23.2 Å². The Morgan fingerprint density at radius 3 is 2.28 bits per heavy atom. The van der Waals surface area contributed by atoms with Gasteiger partial charge >= 0.3 is 18.0 Å². The second-order valence-electron chi connectivity index (χ2n) is 29.0. The van der Waals surface area contributed by atoms with Crippen LogP contribution < -0.4 is 30.3 Å². The Labute approximate surface area is 609 Å². The van der Waals surface area contributed by atoms with Gasteiger partial charge in [-0.2, -0.15) is 5.10 Å². The van der Waals surface area contributed by atoms with Gasteiger partial charge in [0.15, 0.2) is 16.9 Å². The molecule has 2 unspecified atom stereocenters. The van der Waals surface area contributed by atoms with Crippen LogP contribution in [0.4, 0.5) is 21.4 Å². The summed E-state index contributed by atoms with van der Waals surface area (Å²) >= 11 is 1.39. The van der Waals surface area contributed by atoms with Crippen LogP contribution in [0.15, 0.2) is 91.2 Å². The molecule has 7 aliphatic rings. The highest BCUT2D eigenvalue weighted by Gasteiger charge is 2.66. The molecule has 6 amide bonds. The molecule has 3 aromatic carbocycles. The largest absolute Gasteiger partial charge is 0.496 e. The number of aliphatic carboxylic acids is 1. The quantitative estimate of drug-likeness (QED) is 0.0154. The normalized spacial score (nSPS) is 24.5. The number of para-hydroxylation sites is 1. The third-order valence-corrected chi connectivity index (χ3v) is 21.6. The minimum atomic E-state index is -1.98. The number of hydrogen-bond donors (Lipinski definition) is 8. The summed E-state index contributed by atoms with van der Waals surface area (Å²) in [5.74, 6) is -3.79. The standard InChI is InChI=1S/C75H88N10O19S/c1-44-49(47-18-21-56(80-61(47)67(94)95)83-28-25-46-50(36-83)48(17-20-53(46)100-5)66(93)81-70-79-51-13-8-9-14-55(51)105-70)35-77-85(44)43-74-38-72(2)37-73(3,39-74)41-75(40-72,42-74)102-33-30-82(29-32-99-4)71(98)101-31-11-12-45-16-19-54(103-69-64(92)62(90)63(91)65(104-69)68(96)97)52(34-45)78-58(87)24-26-76-57(86)15-7-6-10-27-84-59(88)22-23-60(84)89/h8-9,11-14,16-23,34-35,62-65,69,90-92H,6-7,10,15,24-33,36-43H2,1-5H3,(H,76,86)(H,78,87)(H,94,95)(H,96,97)(H,79,81,93)/b12-11+/t62-,63-,64+,65-,69+,72?,73?,74?,75?/m0/s1. The molecule has 30 heteroatoms. The molecule has 5 fully saturated rings. The molecule has 3 aliphatic heterocycles. The third-order valence-electron chi connectivity index (χ3n) is 20.7. The number of nitrogens with one attached hydrogen (secondary N) is 3. The fourth-order valence-corrected chi connectivity index (χ4v) is 17.9. The van der Waals surface area contributed by atoms with E-state index in [1.165, 1.54) is 47.6 Å². The van der Waals surface area contributed by atoms with Crippen molar-refractivity contribution < 1.29 is 92.3 Å². The van der Waals surface area contributed by atoms with Gasteiger partial charge in [0.1, 0.15) is 42.2 Å². The van der Waals surface area contributed by atoms with Crippen LogP contribution in [-0.2, 0) is 62.4 Å². The molecule has 4 aliphatic carbocycles. The van der Waals surface area contributed by atoms with Gasteiger partial charge in [-0.25, -0.2) is 24.4 Å². The van der Waals surface area contributed by atoms with Crippen LogP contribution in [0.3, 0.4) is 0 Å². The van der Waals surface area contributed by atoms with Crippen LogP contribution in [0.25, 0.3) is 27.4 Å². The lowest BCUT2D eigenvalue weighted by Gasteiger charge is -2.69. The van der Waals surface area contributed by atoms with Gasteiger partial charge in [0.25, 0.3) is 17.7 Å². The van der Waals surface area contributed by atoms with Gasteiger partial charge < -0.3 is 74.4 Å². The number of rotatable bonds is 31. The van der Waals surface area contributed by atoms with E-state index < -0.39 is 60.2 Å². The van der Waals surface area contributed by atoms with Crippen LogP contribution in [-0.4, -0.2) is 206 Å². The number of methoxy groups -OCH3 is 2. The van der Waals surface area contributed by atoms with E-state index in [1.54, 1.807) is 49.7 Å². The number of ether oxygens (including phenoxy) is 6. The van der Waals surface area contributed by atoms with Crippen LogP contribution in [0.1, 0.15) is 128 Å². The van der Waals surface area contributed by atoms with E-state index in [1.807, 2.05) is 46.8 Å². The lowest BCUT2D eigenvalue weighted by atomic mass is 9.39. The van der Waals surface area contributed by atoms with Crippen molar-refractivity contribution in [3.63, 3.8) is 0 Å². The number of aromatic nitrogens is 4. The number of benzene rings is 3. The predicted molar refractivity (Wildman–Crippen MR) is 383 cm³/mol. The number of imide groups is 1. The molecular weight excluding hydrogens is 1380 g/mol. The number of thiazole rings is 1. The van der Waals surface area contributed by atoms with Crippen molar-refractivity contribution in [3.8, 4) is 22.6 Å². The SMILES string of the molecule is COCCN(CCOC12CC3(C)CC(C)(CC(Cn4ncc(-c5ccc(N6CCc7c(OC)ccc(C(=O)Nc8nc9ccccc9s8)c7C6)nc5C(=O)O)c4C)(C3)C1)C2)C(=O)OC/C=C/c1ccc(O[C@@H]2O[C@H](C(=O)O)[C@@H](O)[C@H](O)[C@H]2O)c(NC(=O)CCNC(=O)CCCCCN2C(=O)C=CC2=O)c1. The number of amides is 6. The highest BCUT2D eigenvalue weighted by molar-refractivity contribution is 7.22. The molecule has 29 nitrogen and oxygen atoms in total. The number of fused-ring (bicyclic) bond motifs is 2. The molecule has 4 saturated carbocycles. The number of carboxylic acid groups (broad SMARTS) is 2. The number of carbonyl (C=O) groups is 8. The van der Waals surface area contributed by atoms with Crippen molar-refractivity contribution >= 4 is 91.8 Å². The van der Waals surface area contributed by atoms with E-state index in [-0.39, 0.29) is 122 Å². The van der Waals surface area contributed by atoms with E-state index in [2.05, 4.69) is 34.8 Å². The second-order valence-corrected chi connectivity index (χ2v) is 30.0. The van der Waals surface area contributed by atoms with E-state index in [4.69, 9.17) is 38.5 Å². The zero-order chi connectivity index (χ0) is 74.5. The number of carboxylic acids is 2. The number of anilines is 3. The molecular formula is C75H88N10O19S. The van der Waals surface area contributed by atoms with Crippen LogP contribution >= 0.6 is 11.3 Å². The van der Waals surface area contributed by atoms with E-state index in [9.17, 15) is 63.9 Å². The van der Waals surface area contributed by atoms with Crippen molar-refractivity contribution in [1.29, 1.82) is 0 Å². The molecule has 0 radical (unpaired) electrons. The topological polar surface area (TPSA) is 382 Å². The Balaban J connectivity index is 0.671. The van der Waals surface area contributed by atoms with Gasteiger partial charge in [-0.1, -0.05) is 55.9 Å². The number of aromatic carboxylic acids is 1. The van der Waals surface area contributed by atoms with Crippen molar-refractivity contribution in [3.05, 3.63) is 125 Å².